The summed E-state index contributed by atoms with van der Waals surface area (Å²) in [4.78, 5) is 6.96. The number of aryl methyl sites for hydroxylation is 2. The molecule has 5 rings (SSSR count). The molecule has 1 fully saturated rings. The van der Waals surface area contributed by atoms with Gasteiger partial charge in [0.05, 0.1) is 18.2 Å². The summed E-state index contributed by atoms with van der Waals surface area (Å²) in [5.74, 6) is 3.83. The van der Waals surface area contributed by atoms with Crippen molar-refractivity contribution in [1.29, 1.82) is 0 Å². The molecule has 0 aliphatic carbocycles. The van der Waals surface area contributed by atoms with Gasteiger partial charge in [0.1, 0.15) is 17.1 Å². The quantitative estimate of drug-likeness (QED) is 0.249. The van der Waals surface area contributed by atoms with Gasteiger partial charge in [0.25, 0.3) is 5.89 Å². The minimum Gasteiger partial charge on any atom is -0.493 e. The minimum absolute atomic E-state index is 0.289. The van der Waals surface area contributed by atoms with E-state index in [-0.39, 0.29) is 5.92 Å². The summed E-state index contributed by atoms with van der Waals surface area (Å²) in [5, 5.41) is 0.959. The van der Waals surface area contributed by atoms with Gasteiger partial charge in [0.2, 0.25) is 0 Å². The summed E-state index contributed by atoms with van der Waals surface area (Å²) in [6.07, 6.45) is 5.25. The molecule has 4 aromatic rings. The second-order valence-corrected chi connectivity index (χ2v) is 10.2. The molecule has 0 radical (unpaired) electrons. The first-order chi connectivity index (χ1) is 17.0. The third-order valence-electron chi connectivity index (χ3n) is 7.29. The van der Waals surface area contributed by atoms with Crippen LogP contribution in [0.2, 0.25) is 0 Å². The molecule has 0 N–H and O–H groups in total. The van der Waals surface area contributed by atoms with Crippen molar-refractivity contribution in [1.82, 2.24) is 9.88 Å². The highest BCUT2D eigenvalue weighted by atomic mass is 16.5. The third kappa shape index (κ3) is 5.30. The van der Waals surface area contributed by atoms with Crippen LogP contribution in [0.3, 0.4) is 0 Å². The Hall–Kier alpha value is -3.05. The number of benzene rings is 2. The Morgan fingerprint density at radius 3 is 2.60 bits per heavy atom. The van der Waals surface area contributed by atoms with Gasteiger partial charge in [-0.15, -0.1) is 0 Å². The van der Waals surface area contributed by atoms with Crippen molar-refractivity contribution < 1.29 is 13.6 Å². The van der Waals surface area contributed by atoms with E-state index in [0.717, 1.165) is 48.5 Å². The largest absolute Gasteiger partial charge is 0.493 e. The van der Waals surface area contributed by atoms with Crippen molar-refractivity contribution in [3.05, 3.63) is 71.1 Å². The lowest BCUT2D eigenvalue weighted by molar-refractivity contribution is 0.193. The first-order valence-corrected chi connectivity index (χ1v) is 12.9. The Balaban J connectivity index is 1.13. The highest BCUT2D eigenvalue weighted by Gasteiger charge is 2.21. The Morgan fingerprint density at radius 2 is 1.86 bits per heavy atom. The zero-order valence-corrected chi connectivity index (χ0v) is 21.3. The normalized spacial score (nSPS) is 15.3. The summed E-state index contributed by atoms with van der Waals surface area (Å²) in [5.41, 5.74) is 5.08. The molecule has 1 saturated heterocycles. The number of ether oxygens (including phenoxy) is 1. The predicted molar refractivity (Wildman–Crippen MR) is 140 cm³/mol. The van der Waals surface area contributed by atoms with Gasteiger partial charge < -0.3 is 18.5 Å². The van der Waals surface area contributed by atoms with Crippen LogP contribution in [0.1, 0.15) is 67.4 Å². The van der Waals surface area contributed by atoms with Crippen LogP contribution in [0.25, 0.3) is 22.6 Å². The average Bonchev–Trinajstić information content (AvgIpc) is 3.52. The predicted octanol–water partition coefficient (Wildman–Crippen LogP) is 7.48. The molecule has 0 atom stereocenters. The molecule has 3 heterocycles. The van der Waals surface area contributed by atoms with Crippen molar-refractivity contribution in [2.24, 2.45) is 0 Å². The summed E-state index contributed by atoms with van der Waals surface area (Å²) in [6, 6.07) is 14.9. The zero-order valence-electron chi connectivity index (χ0n) is 21.3. The van der Waals surface area contributed by atoms with Crippen LogP contribution in [0.4, 0.5) is 0 Å². The number of furan rings is 1. The monoisotopic (exact) mass is 472 g/mol. The molecule has 0 bridgehead atoms. The van der Waals surface area contributed by atoms with Crippen LogP contribution < -0.4 is 4.74 Å². The van der Waals surface area contributed by atoms with Crippen molar-refractivity contribution >= 4 is 11.0 Å². The first kappa shape index (κ1) is 23.7. The molecule has 0 unspecified atom stereocenters. The number of likely N-dealkylation sites (tertiary alicyclic amines) is 1. The van der Waals surface area contributed by atoms with E-state index < -0.39 is 0 Å². The summed E-state index contributed by atoms with van der Waals surface area (Å²) in [7, 11) is 0. The fourth-order valence-electron chi connectivity index (χ4n) is 4.91. The number of oxazole rings is 1. The number of piperidine rings is 1. The van der Waals surface area contributed by atoms with Crippen molar-refractivity contribution in [2.75, 3.05) is 26.2 Å². The summed E-state index contributed by atoms with van der Waals surface area (Å²) < 4.78 is 18.0. The van der Waals surface area contributed by atoms with Crippen LogP contribution in [0, 0.1) is 13.8 Å². The average molecular weight is 473 g/mol. The fraction of sp³-hybridized carbons (Fsp3) is 0.433. The molecule has 1 aliphatic heterocycles. The number of fused-ring (bicyclic) bond motifs is 1. The van der Waals surface area contributed by atoms with E-state index in [0.29, 0.717) is 24.2 Å². The highest BCUT2D eigenvalue weighted by Crippen LogP contribution is 2.34. The second-order valence-electron chi connectivity index (χ2n) is 10.2. The molecule has 35 heavy (non-hydrogen) atoms. The van der Waals surface area contributed by atoms with Gasteiger partial charge >= 0.3 is 0 Å². The number of hydrogen-bond acceptors (Lipinski definition) is 5. The van der Waals surface area contributed by atoms with E-state index in [1.165, 1.54) is 29.5 Å². The van der Waals surface area contributed by atoms with Gasteiger partial charge in [0.15, 0.2) is 5.76 Å². The molecule has 0 spiro atoms. The standard InChI is InChI=1S/C30H36N2O3/c1-20(2)29-19-31-30(35-29)28-18-25-26(7-5-8-27(25)34-28)33-16-6-13-32-14-11-23(12-15-32)24-10-9-21(3)22(4)17-24/h5,7-10,17-20,23H,6,11-16H2,1-4H3. The number of aromatic nitrogens is 1. The molecule has 184 valence electrons. The van der Waals surface area contributed by atoms with E-state index in [9.17, 15) is 0 Å². The number of rotatable bonds is 8. The summed E-state index contributed by atoms with van der Waals surface area (Å²) >= 11 is 0. The van der Waals surface area contributed by atoms with E-state index in [1.807, 2.05) is 24.3 Å². The van der Waals surface area contributed by atoms with E-state index in [2.05, 4.69) is 55.8 Å². The molecule has 5 nitrogen and oxygen atoms in total. The number of hydrogen-bond donors (Lipinski definition) is 0. The van der Waals surface area contributed by atoms with Gasteiger partial charge in [0, 0.05) is 18.5 Å². The lowest BCUT2D eigenvalue weighted by Crippen LogP contribution is -2.34. The summed E-state index contributed by atoms with van der Waals surface area (Å²) in [6.45, 7) is 12.7. The Morgan fingerprint density at radius 1 is 1.03 bits per heavy atom. The lowest BCUT2D eigenvalue weighted by atomic mass is 9.88. The van der Waals surface area contributed by atoms with Crippen LogP contribution in [-0.4, -0.2) is 36.1 Å². The highest BCUT2D eigenvalue weighted by molar-refractivity contribution is 5.87. The maximum atomic E-state index is 6.18. The molecular formula is C30H36N2O3. The van der Waals surface area contributed by atoms with Crippen LogP contribution >= 0.6 is 0 Å². The van der Waals surface area contributed by atoms with Crippen molar-refractivity contribution in [3.63, 3.8) is 0 Å². The lowest BCUT2D eigenvalue weighted by Gasteiger charge is -2.32. The maximum Gasteiger partial charge on any atom is 0.263 e. The van der Waals surface area contributed by atoms with Crippen LogP contribution in [0.15, 0.2) is 57.5 Å². The molecule has 1 aliphatic rings. The Kier molecular flexibility index (Phi) is 6.96. The Labute approximate surface area is 208 Å². The van der Waals surface area contributed by atoms with Crippen LogP contribution in [0.5, 0.6) is 5.75 Å². The van der Waals surface area contributed by atoms with E-state index >= 15 is 0 Å². The number of nitrogens with zero attached hydrogens (tertiary/aromatic N) is 2. The Bertz CT molecular complexity index is 1280. The van der Waals surface area contributed by atoms with Gasteiger partial charge in [-0.3, -0.25) is 0 Å². The van der Waals surface area contributed by atoms with Crippen LogP contribution in [-0.2, 0) is 0 Å². The molecule has 5 heteroatoms. The fourth-order valence-corrected chi connectivity index (χ4v) is 4.91. The molecule has 2 aromatic heterocycles. The maximum absolute atomic E-state index is 6.18. The van der Waals surface area contributed by atoms with E-state index in [4.69, 9.17) is 13.6 Å². The second kappa shape index (κ2) is 10.3. The van der Waals surface area contributed by atoms with Gasteiger partial charge in [-0.1, -0.05) is 38.1 Å². The van der Waals surface area contributed by atoms with Gasteiger partial charge in [-0.2, -0.15) is 0 Å². The molecular weight excluding hydrogens is 436 g/mol. The molecule has 0 saturated carbocycles. The molecule has 0 amide bonds. The smallest absolute Gasteiger partial charge is 0.263 e. The van der Waals surface area contributed by atoms with Gasteiger partial charge in [-0.05, 0) is 80.9 Å². The SMILES string of the molecule is Cc1ccc(C2CCN(CCCOc3cccc4oc(-c5ncc(C(C)C)o5)cc34)CC2)cc1C. The topological polar surface area (TPSA) is 51.6 Å². The van der Waals surface area contributed by atoms with Gasteiger partial charge in [-0.25, -0.2) is 4.98 Å². The third-order valence-corrected chi connectivity index (χ3v) is 7.29. The molecule has 2 aromatic carbocycles. The van der Waals surface area contributed by atoms with Crippen molar-refractivity contribution in [2.45, 2.75) is 58.8 Å². The van der Waals surface area contributed by atoms with E-state index in [1.54, 1.807) is 6.20 Å². The van der Waals surface area contributed by atoms with Crippen molar-refractivity contribution in [3.8, 4) is 17.4 Å². The first-order valence-electron chi connectivity index (χ1n) is 12.9. The minimum atomic E-state index is 0.289. The zero-order chi connectivity index (χ0) is 24.4.